The standard InChI is InChI=1S/C17H24ClN3O4S/c18-15-3-1-2-4-16(15)26(24,25)21-9-7-19(8-10-21)17(23)13-20(11-12-22)14-5-6-14/h1-4,14,22H,5-13H2. The van der Waals surface area contributed by atoms with Crippen molar-refractivity contribution in [3.05, 3.63) is 29.3 Å². The summed E-state index contributed by atoms with van der Waals surface area (Å²) in [6.45, 7) is 2.04. The number of hydrogen-bond donors (Lipinski definition) is 1. The van der Waals surface area contributed by atoms with Gasteiger partial charge in [0, 0.05) is 38.8 Å². The fourth-order valence-electron chi connectivity index (χ4n) is 3.20. The molecule has 0 unspecified atom stereocenters. The van der Waals surface area contributed by atoms with Gasteiger partial charge in [-0.05, 0) is 25.0 Å². The molecule has 144 valence electrons. The van der Waals surface area contributed by atoms with Crippen molar-refractivity contribution in [3.63, 3.8) is 0 Å². The molecule has 0 aromatic heterocycles. The molecule has 3 rings (SSSR count). The molecule has 1 aromatic carbocycles. The number of rotatable bonds is 7. The number of carbonyl (C=O) groups excluding carboxylic acids is 1. The van der Waals surface area contributed by atoms with E-state index in [0.717, 1.165) is 12.8 Å². The molecule has 1 amide bonds. The van der Waals surface area contributed by atoms with Crippen LogP contribution in [0.5, 0.6) is 0 Å². The zero-order valence-corrected chi connectivity index (χ0v) is 16.1. The summed E-state index contributed by atoms with van der Waals surface area (Å²) in [6, 6.07) is 6.79. The van der Waals surface area contributed by atoms with Gasteiger partial charge in [-0.3, -0.25) is 9.69 Å². The predicted molar refractivity (Wildman–Crippen MR) is 98.5 cm³/mol. The largest absolute Gasteiger partial charge is 0.395 e. The quantitative estimate of drug-likeness (QED) is 0.724. The van der Waals surface area contributed by atoms with Crippen molar-refractivity contribution in [1.29, 1.82) is 0 Å². The Bertz CT molecular complexity index is 746. The van der Waals surface area contributed by atoms with Crippen molar-refractivity contribution < 1.29 is 18.3 Å². The first-order valence-electron chi connectivity index (χ1n) is 8.81. The van der Waals surface area contributed by atoms with Crippen LogP contribution >= 0.6 is 11.6 Å². The molecule has 0 bridgehead atoms. The van der Waals surface area contributed by atoms with Gasteiger partial charge in [0.25, 0.3) is 0 Å². The lowest BCUT2D eigenvalue weighted by molar-refractivity contribution is -0.133. The third kappa shape index (κ3) is 4.37. The van der Waals surface area contributed by atoms with Crippen LogP contribution < -0.4 is 0 Å². The average Bonchev–Trinajstić information content (AvgIpc) is 3.47. The minimum atomic E-state index is -3.66. The summed E-state index contributed by atoms with van der Waals surface area (Å²) in [4.78, 5) is 16.3. The summed E-state index contributed by atoms with van der Waals surface area (Å²) in [5.74, 6) is -0.0138. The molecule has 9 heteroatoms. The summed E-state index contributed by atoms with van der Waals surface area (Å²) in [6.07, 6.45) is 2.13. The molecule has 0 radical (unpaired) electrons. The topological polar surface area (TPSA) is 81.2 Å². The van der Waals surface area contributed by atoms with Crippen LogP contribution in [0, 0.1) is 0 Å². The highest BCUT2D eigenvalue weighted by Gasteiger charge is 2.34. The van der Waals surface area contributed by atoms with Gasteiger partial charge in [0.15, 0.2) is 0 Å². The Balaban J connectivity index is 1.58. The van der Waals surface area contributed by atoms with E-state index in [2.05, 4.69) is 0 Å². The number of piperazine rings is 1. The molecule has 1 N–H and O–H groups in total. The van der Waals surface area contributed by atoms with Gasteiger partial charge in [-0.15, -0.1) is 0 Å². The van der Waals surface area contributed by atoms with Crippen molar-refractivity contribution in [2.45, 2.75) is 23.8 Å². The van der Waals surface area contributed by atoms with E-state index in [1.807, 2.05) is 4.90 Å². The van der Waals surface area contributed by atoms with Crippen LogP contribution in [0.15, 0.2) is 29.2 Å². The van der Waals surface area contributed by atoms with Crippen molar-refractivity contribution in [1.82, 2.24) is 14.1 Å². The third-order valence-corrected chi connectivity index (χ3v) is 7.23. The Hall–Kier alpha value is -1.19. The number of carbonyl (C=O) groups is 1. The molecular formula is C17H24ClN3O4S. The molecule has 2 fully saturated rings. The Morgan fingerprint density at radius 2 is 1.85 bits per heavy atom. The molecule has 2 aliphatic rings. The molecule has 0 spiro atoms. The fourth-order valence-corrected chi connectivity index (χ4v) is 5.12. The molecule has 26 heavy (non-hydrogen) atoms. The van der Waals surface area contributed by atoms with Crippen LogP contribution in [0.1, 0.15) is 12.8 Å². The number of amides is 1. The SMILES string of the molecule is O=C(CN(CCO)C1CC1)N1CCN(S(=O)(=O)c2ccccc2Cl)CC1. The number of sulfonamides is 1. The monoisotopic (exact) mass is 401 g/mol. The van der Waals surface area contributed by atoms with Crippen LogP contribution in [0.2, 0.25) is 5.02 Å². The van der Waals surface area contributed by atoms with Gasteiger partial charge in [0.05, 0.1) is 18.2 Å². The smallest absolute Gasteiger partial charge is 0.244 e. The van der Waals surface area contributed by atoms with E-state index in [1.165, 1.54) is 10.4 Å². The normalized spacial score (nSPS) is 19.1. The zero-order valence-electron chi connectivity index (χ0n) is 14.6. The molecule has 1 saturated carbocycles. The number of hydrogen-bond acceptors (Lipinski definition) is 5. The van der Waals surface area contributed by atoms with Crippen LogP contribution in [0.3, 0.4) is 0 Å². The van der Waals surface area contributed by atoms with Crippen LogP contribution in [0.4, 0.5) is 0 Å². The van der Waals surface area contributed by atoms with Gasteiger partial charge >= 0.3 is 0 Å². The van der Waals surface area contributed by atoms with Crippen LogP contribution in [-0.2, 0) is 14.8 Å². The second-order valence-electron chi connectivity index (χ2n) is 6.64. The minimum Gasteiger partial charge on any atom is -0.395 e. The van der Waals surface area contributed by atoms with Crippen molar-refractivity contribution in [2.24, 2.45) is 0 Å². The first kappa shape index (κ1) is 19.6. The zero-order chi connectivity index (χ0) is 18.7. The first-order chi connectivity index (χ1) is 12.4. The Morgan fingerprint density at radius 1 is 1.19 bits per heavy atom. The Kier molecular flexibility index (Phi) is 6.19. The molecule has 1 aliphatic carbocycles. The Morgan fingerprint density at radius 3 is 2.42 bits per heavy atom. The van der Waals surface area contributed by atoms with E-state index in [-0.39, 0.29) is 42.1 Å². The lowest BCUT2D eigenvalue weighted by Gasteiger charge is -2.35. The molecule has 1 saturated heterocycles. The molecule has 1 aliphatic heterocycles. The molecule has 0 atom stereocenters. The number of halogens is 1. The van der Waals surface area contributed by atoms with Crippen molar-refractivity contribution in [3.8, 4) is 0 Å². The van der Waals surface area contributed by atoms with E-state index in [9.17, 15) is 13.2 Å². The number of aliphatic hydroxyl groups excluding tert-OH is 1. The van der Waals surface area contributed by atoms with Gasteiger partial charge < -0.3 is 10.0 Å². The maximum atomic E-state index is 12.7. The van der Waals surface area contributed by atoms with E-state index in [1.54, 1.807) is 23.1 Å². The van der Waals surface area contributed by atoms with Crippen LogP contribution in [-0.4, -0.2) is 85.5 Å². The third-order valence-electron chi connectivity index (χ3n) is 4.83. The summed E-state index contributed by atoms with van der Waals surface area (Å²) in [5.41, 5.74) is 0. The number of benzene rings is 1. The van der Waals surface area contributed by atoms with Crippen LogP contribution in [0.25, 0.3) is 0 Å². The van der Waals surface area contributed by atoms with Gasteiger partial charge in [-0.2, -0.15) is 4.31 Å². The van der Waals surface area contributed by atoms with Crippen molar-refractivity contribution in [2.75, 3.05) is 45.9 Å². The summed E-state index contributed by atoms with van der Waals surface area (Å²) < 4.78 is 26.9. The lowest BCUT2D eigenvalue weighted by atomic mass is 10.3. The van der Waals surface area contributed by atoms with Crippen molar-refractivity contribution >= 4 is 27.5 Å². The lowest BCUT2D eigenvalue weighted by Crippen LogP contribution is -2.52. The summed E-state index contributed by atoms with van der Waals surface area (Å²) >= 11 is 6.03. The van der Waals surface area contributed by atoms with Gasteiger partial charge in [-0.25, -0.2) is 8.42 Å². The van der Waals surface area contributed by atoms with E-state index < -0.39 is 10.0 Å². The predicted octanol–water partition coefficient (Wildman–Crippen LogP) is 0.630. The second kappa shape index (κ2) is 8.22. The summed E-state index contributed by atoms with van der Waals surface area (Å²) in [7, 11) is -3.66. The fraction of sp³-hybridized carbons (Fsp3) is 0.588. The molecular weight excluding hydrogens is 378 g/mol. The van der Waals surface area contributed by atoms with E-state index in [0.29, 0.717) is 25.7 Å². The van der Waals surface area contributed by atoms with Gasteiger partial charge in [-0.1, -0.05) is 23.7 Å². The highest BCUT2D eigenvalue weighted by Crippen LogP contribution is 2.27. The highest BCUT2D eigenvalue weighted by atomic mass is 35.5. The minimum absolute atomic E-state index is 0.0138. The Labute approximate surface area is 159 Å². The first-order valence-corrected chi connectivity index (χ1v) is 10.6. The second-order valence-corrected chi connectivity index (χ2v) is 8.95. The van der Waals surface area contributed by atoms with Gasteiger partial charge in [0.1, 0.15) is 4.90 Å². The molecule has 1 aromatic rings. The average molecular weight is 402 g/mol. The van der Waals surface area contributed by atoms with E-state index >= 15 is 0 Å². The molecule has 7 nitrogen and oxygen atoms in total. The maximum Gasteiger partial charge on any atom is 0.244 e. The van der Waals surface area contributed by atoms with E-state index in [4.69, 9.17) is 16.7 Å². The van der Waals surface area contributed by atoms with Gasteiger partial charge in [0.2, 0.25) is 15.9 Å². The molecule has 1 heterocycles. The highest BCUT2D eigenvalue weighted by molar-refractivity contribution is 7.89. The summed E-state index contributed by atoms with van der Waals surface area (Å²) in [5, 5.41) is 9.34. The number of aliphatic hydroxyl groups is 1. The number of nitrogens with zero attached hydrogens (tertiary/aromatic N) is 3. The maximum absolute atomic E-state index is 12.7.